The Bertz CT molecular complexity index is 1120. The molecule has 3 N–H and O–H groups in total. The fourth-order valence-electron chi connectivity index (χ4n) is 2.49. The molecule has 0 saturated heterocycles. The van der Waals surface area contributed by atoms with Crippen LogP contribution in [0.1, 0.15) is 11.4 Å². The Balaban J connectivity index is 1.76. The van der Waals surface area contributed by atoms with Crippen LogP contribution in [0.5, 0.6) is 5.75 Å². The Hall–Kier alpha value is -3.01. The Morgan fingerprint density at radius 3 is 2.52 bits per heavy atom. The SMILES string of the molecule is NS(=O)(=O)c1cc(NC(=O)Cc2ccccc2Cl)ccc1OCc1ncccn1. The number of hydrogen-bond acceptors (Lipinski definition) is 6. The number of anilines is 1. The van der Waals surface area contributed by atoms with Gasteiger partial charge in [-0.25, -0.2) is 23.5 Å². The molecule has 0 fully saturated rings. The number of carbonyl (C=O) groups excluding carboxylic acids is 1. The minimum absolute atomic E-state index is 0.0315. The van der Waals surface area contributed by atoms with Gasteiger partial charge in [-0.15, -0.1) is 0 Å². The Labute approximate surface area is 172 Å². The first-order valence-electron chi connectivity index (χ1n) is 8.42. The summed E-state index contributed by atoms with van der Waals surface area (Å²) in [7, 11) is -4.10. The highest BCUT2D eigenvalue weighted by Gasteiger charge is 2.18. The molecule has 0 spiro atoms. The molecule has 10 heteroatoms. The highest BCUT2D eigenvalue weighted by atomic mass is 35.5. The van der Waals surface area contributed by atoms with Crippen molar-refractivity contribution < 1.29 is 17.9 Å². The van der Waals surface area contributed by atoms with Crippen LogP contribution in [0, 0.1) is 0 Å². The van der Waals surface area contributed by atoms with Crippen LogP contribution in [0.3, 0.4) is 0 Å². The van der Waals surface area contributed by atoms with Gasteiger partial charge in [0.2, 0.25) is 15.9 Å². The second-order valence-electron chi connectivity index (χ2n) is 5.98. The number of nitrogens with two attached hydrogens (primary N) is 1. The van der Waals surface area contributed by atoms with Crippen LogP contribution in [0.4, 0.5) is 5.69 Å². The van der Waals surface area contributed by atoms with Gasteiger partial charge in [0.1, 0.15) is 17.3 Å². The summed E-state index contributed by atoms with van der Waals surface area (Å²) in [5, 5.41) is 8.41. The van der Waals surface area contributed by atoms with Crippen molar-refractivity contribution in [2.24, 2.45) is 5.14 Å². The van der Waals surface area contributed by atoms with Gasteiger partial charge in [0.15, 0.2) is 5.82 Å². The number of carbonyl (C=O) groups is 1. The lowest BCUT2D eigenvalue weighted by Crippen LogP contribution is -2.17. The van der Waals surface area contributed by atoms with Crippen molar-refractivity contribution in [3.63, 3.8) is 0 Å². The number of nitrogens with one attached hydrogen (secondary N) is 1. The lowest BCUT2D eigenvalue weighted by Gasteiger charge is -2.12. The van der Waals surface area contributed by atoms with Crippen LogP contribution < -0.4 is 15.2 Å². The molecule has 1 heterocycles. The zero-order chi connectivity index (χ0) is 20.9. The van der Waals surface area contributed by atoms with Crippen molar-refractivity contribution >= 4 is 33.2 Å². The van der Waals surface area contributed by atoms with Crippen LogP contribution in [0.25, 0.3) is 0 Å². The number of amides is 1. The van der Waals surface area contributed by atoms with Crippen molar-refractivity contribution in [3.8, 4) is 5.75 Å². The van der Waals surface area contributed by atoms with Crippen molar-refractivity contribution in [1.82, 2.24) is 9.97 Å². The molecule has 1 amide bonds. The highest BCUT2D eigenvalue weighted by molar-refractivity contribution is 7.89. The molecule has 150 valence electrons. The standard InChI is InChI=1S/C19H17ClN4O4S/c20-15-5-2-1-4-13(15)10-19(25)24-14-6-7-16(17(11-14)29(21,26)27)28-12-18-22-8-3-9-23-18/h1-9,11H,10,12H2,(H,24,25)(H2,21,26,27). The summed E-state index contributed by atoms with van der Waals surface area (Å²) in [6.45, 7) is -0.0401. The number of halogens is 1. The number of rotatable bonds is 7. The monoisotopic (exact) mass is 432 g/mol. The molecule has 0 bridgehead atoms. The van der Waals surface area contributed by atoms with E-state index >= 15 is 0 Å². The number of hydrogen-bond donors (Lipinski definition) is 2. The molecule has 0 aliphatic carbocycles. The van der Waals surface area contributed by atoms with Crippen molar-refractivity contribution in [3.05, 3.63) is 77.3 Å². The van der Waals surface area contributed by atoms with E-state index in [1.54, 1.807) is 42.7 Å². The summed E-state index contributed by atoms with van der Waals surface area (Å²) in [5.41, 5.74) is 0.913. The van der Waals surface area contributed by atoms with Crippen LogP contribution >= 0.6 is 11.6 Å². The van der Waals surface area contributed by atoms with Crippen molar-refractivity contribution in [2.45, 2.75) is 17.9 Å². The zero-order valence-corrected chi connectivity index (χ0v) is 16.7. The summed E-state index contributed by atoms with van der Waals surface area (Å²) in [5.74, 6) is 0.0545. The molecule has 2 aromatic carbocycles. The van der Waals surface area contributed by atoms with Crippen LogP contribution in [-0.2, 0) is 27.8 Å². The van der Waals surface area contributed by atoms with Crippen LogP contribution in [-0.4, -0.2) is 24.3 Å². The molecule has 3 rings (SSSR count). The minimum atomic E-state index is -4.10. The summed E-state index contributed by atoms with van der Waals surface area (Å²) >= 11 is 6.06. The second-order valence-corrected chi connectivity index (χ2v) is 7.91. The molecule has 1 aromatic heterocycles. The highest BCUT2D eigenvalue weighted by Crippen LogP contribution is 2.27. The second kappa shape index (κ2) is 8.99. The van der Waals surface area contributed by atoms with E-state index < -0.39 is 10.0 Å². The van der Waals surface area contributed by atoms with Gasteiger partial charge in [-0.3, -0.25) is 4.79 Å². The van der Waals surface area contributed by atoms with E-state index in [0.717, 1.165) is 0 Å². The molecule has 3 aromatic rings. The van der Waals surface area contributed by atoms with Crippen LogP contribution in [0.2, 0.25) is 5.02 Å². The molecule has 29 heavy (non-hydrogen) atoms. The van der Waals surface area contributed by atoms with E-state index in [1.165, 1.54) is 18.2 Å². The predicted molar refractivity (Wildman–Crippen MR) is 108 cm³/mol. The molecule has 8 nitrogen and oxygen atoms in total. The number of primary sulfonamides is 1. The molecular weight excluding hydrogens is 416 g/mol. The summed E-state index contributed by atoms with van der Waals surface area (Å²) in [4.78, 5) is 20.0. The topological polar surface area (TPSA) is 124 Å². The number of aromatic nitrogens is 2. The van der Waals surface area contributed by atoms with Crippen LogP contribution in [0.15, 0.2) is 65.8 Å². The maximum absolute atomic E-state index is 12.3. The van der Waals surface area contributed by atoms with Gasteiger partial charge in [-0.05, 0) is 35.9 Å². The van der Waals surface area contributed by atoms with Gasteiger partial charge in [-0.1, -0.05) is 29.8 Å². The van der Waals surface area contributed by atoms with Gasteiger partial charge < -0.3 is 10.1 Å². The first-order valence-corrected chi connectivity index (χ1v) is 10.3. The zero-order valence-electron chi connectivity index (χ0n) is 15.1. The van der Waals surface area contributed by atoms with E-state index in [-0.39, 0.29) is 35.3 Å². The first-order chi connectivity index (χ1) is 13.8. The van der Waals surface area contributed by atoms with E-state index in [1.807, 2.05) is 0 Å². The Morgan fingerprint density at radius 2 is 1.83 bits per heavy atom. The first kappa shape index (κ1) is 20.7. The summed E-state index contributed by atoms with van der Waals surface area (Å²) < 4.78 is 29.5. The fourth-order valence-corrected chi connectivity index (χ4v) is 3.40. The molecule has 0 aliphatic heterocycles. The Kier molecular flexibility index (Phi) is 6.42. The van der Waals surface area contributed by atoms with Gasteiger partial charge in [0.05, 0.1) is 6.42 Å². The van der Waals surface area contributed by atoms with Gasteiger partial charge in [0, 0.05) is 23.1 Å². The van der Waals surface area contributed by atoms with Gasteiger partial charge >= 0.3 is 0 Å². The third-order valence-electron chi connectivity index (χ3n) is 3.82. The molecule has 0 unspecified atom stereocenters. The largest absolute Gasteiger partial charge is 0.484 e. The Morgan fingerprint density at radius 1 is 1.10 bits per heavy atom. The van der Waals surface area contributed by atoms with E-state index in [2.05, 4.69) is 15.3 Å². The lowest BCUT2D eigenvalue weighted by atomic mass is 10.1. The number of sulfonamides is 1. The van der Waals surface area contributed by atoms with Crippen molar-refractivity contribution in [2.75, 3.05) is 5.32 Å². The minimum Gasteiger partial charge on any atom is -0.484 e. The summed E-state index contributed by atoms with van der Waals surface area (Å²) in [6.07, 6.45) is 3.13. The average molecular weight is 433 g/mol. The smallest absolute Gasteiger partial charge is 0.241 e. The van der Waals surface area contributed by atoms with Crippen molar-refractivity contribution in [1.29, 1.82) is 0 Å². The fraction of sp³-hybridized carbons (Fsp3) is 0.105. The summed E-state index contributed by atoms with van der Waals surface area (Å²) in [6, 6.07) is 12.8. The van der Waals surface area contributed by atoms with E-state index in [9.17, 15) is 13.2 Å². The number of benzene rings is 2. The van der Waals surface area contributed by atoms with Gasteiger partial charge in [0.25, 0.3) is 0 Å². The molecule has 0 atom stereocenters. The lowest BCUT2D eigenvalue weighted by molar-refractivity contribution is -0.115. The van der Waals surface area contributed by atoms with Gasteiger partial charge in [-0.2, -0.15) is 0 Å². The quantitative estimate of drug-likeness (QED) is 0.591. The third kappa shape index (κ3) is 5.74. The normalized spacial score (nSPS) is 11.1. The average Bonchev–Trinajstić information content (AvgIpc) is 2.69. The van der Waals surface area contributed by atoms with E-state index in [0.29, 0.717) is 16.4 Å². The molecule has 0 saturated carbocycles. The third-order valence-corrected chi connectivity index (χ3v) is 5.12. The number of ether oxygens (including phenoxy) is 1. The molecule has 0 aliphatic rings. The molecule has 0 radical (unpaired) electrons. The molecular formula is C19H17ClN4O4S. The predicted octanol–water partition coefficient (Wildman–Crippen LogP) is 2.54. The van der Waals surface area contributed by atoms with E-state index in [4.69, 9.17) is 21.5 Å². The maximum Gasteiger partial charge on any atom is 0.241 e. The maximum atomic E-state index is 12.3. The number of nitrogens with zero attached hydrogens (tertiary/aromatic N) is 2.